The lowest BCUT2D eigenvalue weighted by atomic mass is 9.95. The molecule has 30 heavy (non-hydrogen) atoms. The van der Waals surface area contributed by atoms with Crippen LogP contribution in [0, 0.1) is 5.92 Å². The summed E-state index contributed by atoms with van der Waals surface area (Å²) < 4.78 is 5.82. The Kier molecular flexibility index (Phi) is 7.89. The second-order valence-corrected chi connectivity index (χ2v) is 8.12. The lowest BCUT2D eigenvalue weighted by molar-refractivity contribution is -0.127. The molecule has 5 nitrogen and oxygen atoms in total. The monoisotopic (exact) mass is 408 g/mol. The highest BCUT2D eigenvalue weighted by Crippen LogP contribution is 2.30. The molecule has 2 aromatic rings. The molecule has 0 fully saturated rings. The van der Waals surface area contributed by atoms with Gasteiger partial charge in [-0.25, -0.2) is 0 Å². The van der Waals surface area contributed by atoms with E-state index in [0.29, 0.717) is 19.4 Å². The van der Waals surface area contributed by atoms with Gasteiger partial charge in [-0.15, -0.1) is 0 Å². The third-order valence-corrected chi connectivity index (χ3v) is 5.48. The Morgan fingerprint density at radius 1 is 1.17 bits per heavy atom. The van der Waals surface area contributed by atoms with Gasteiger partial charge in [-0.05, 0) is 61.9 Å². The van der Waals surface area contributed by atoms with Crippen LogP contribution in [0.5, 0.6) is 5.75 Å². The van der Waals surface area contributed by atoms with Gasteiger partial charge >= 0.3 is 0 Å². The number of benzene rings is 2. The van der Waals surface area contributed by atoms with E-state index in [1.165, 1.54) is 5.56 Å². The number of amides is 2. The minimum Gasteiger partial charge on any atom is -0.492 e. The molecule has 2 aromatic carbocycles. The average Bonchev–Trinajstić information content (AvgIpc) is 2.76. The van der Waals surface area contributed by atoms with Crippen LogP contribution in [0.1, 0.15) is 50.7 Å². The van der Waals surface area contributed by atoms with Gasteiger partial charge in [-0.1, -0.05) is 43.7 Å². The molecular weight excluding hydrogens is 376 g/mol. The first-order valence-electron chi connectivity index (χ1n) is 10.9. The number of hydrogen-bond acceptors (Lipinski definition) is 3. The molecule has 1 aliphatic heterocycles. The highest BCUT2D eigenvalue weighted by atomic mass is 16.5. The van der Waals surface area contributed by atoms with Crippen LogP contribution >= 0.6 is 0 Å². The third kappa shape index (κ3) is 6.34. The maximum absolute atomic E-state index is 12.7. The molecule has 3 rings (SSSR count). The van der Waals surface area contributed by atoms with Crippen LogP contribution in [-0.4, -0.2) is 24.5 Å². The number of fused-ring (bicyclic) bond motifs is 1. The first-order chi connectivity index (χ1) is 14.5. The Morgan fingerprint density at radius 2 is 1.97 bits per heavy atom. The van der Waals surface area contributed by atoms with E-state index in [0.717, 1.165) is 42.7 Å². The van der Waals surface area contributed by atoms with E-state index in [-0.39, 0.29) is 23.8 Å². The molecule has 0 aromatic heterocycles. The predicted octanol–water partition coefficient (Wildman–Crippen LogP) is 4.50. The summed E-state index contributed by atoms with van der Waals surface area (Å²) in [6, 6.07) is 16.1. The van der Waals surface area contributed by atoms with Crippen LogP contribution in [0.25, 0.3) is 0 Å². The molecule has 0 aliphatic carbocycles. The summed E-state index contributed by atoms with van der Waals surface area (Å²) >= 11 is 0. The summed E-state index contributed by atoms with van der Waals surface area (Å²) in [7, 11) is 0. The van der Waals surface area contributed by atoms with Crippen molar-refractivity contribution in [3.05, 3.63) is 59.7 Å². The normalized spacial score (nSPS) is 16.1. The van der Waals surface area contributed by atoms with Crippen LogP contribution in [0.4, 0.5) is 5.69 Å². The van der Waals surface area contributed by atoms with Crippen LogP contribution < -0.4 is 15.4 Å². The van der Waals surface area contributed by atoms with Crippen molar-refractivity contribution in [1.82, 2.24) is 5.32 Å². The van der Waals surface area contributed by atoms with Crippen molar-refractivity contribution < 1.29 is 14.3 Å². The molecule has 160 valence electrons. The zero-order chi connectivity index (χ0) is 21.3. The maximum Gasteiger partial charge on any atom is 0.227 e. The van der Waals surface area contributed by atoms with E-state index in [9.17, 15) is 9.59 Å². The number of carbonyl (C=O) groups excluding carboxylic acids is 2. The van der Waals surface area contributed by atoms with Crippen molar-refractivity contribution in [2.24, 2.45) is 5.92 Å². The standard InChI is InChI=1S/C25H32N2O3/c1-3-4-10-24(28)27-22-13-14-23-20(16-22)15-21(17-30-23)25(29)26-18(2)11-12-19-8-6-5-7-9-19/h5-9,13-14,16,18,21H,3-4,10-12,15,17H2,1-2H3,(H,26,29)(H,27,28). The molecule has 1 heterocycles. The van der Waals surface area contributed by atoms with Crippen LogP contribution in [0.15, 0.2) is 48.5 Å². The van der Waals surface area contributed by atoms with Gasteiger partial charge in [0.25, 0.3) is 0 Å². The zero-order valence-electron chi connectivity index (χ0n) is 17.9. The van der Waals surface area contributed by atoms with E-state index in [4.69, 9.17) is 4.74 Å². The Bertz CT molecular complexity index is 851. The van der Waals surface area contributed by atoms with Crippen molar-refractivity contribution in [2.75, 3.05) is 11.9 Å². The molecule has 2 N–H and O–H groups in total. The molecule has 2 atom stereocenters. The lowest BCUT2D eigenvalue weighted by Crippen LogP contribution is -2.41. The molecule has 0 spiro atoms. The predicted molar refractivity (Wildman–Crippen MR) is 120 cm³/mol. The SMILES string of the molecule is CCCCC(=O)Nc1ccc2c(c1)CC(C(=O)NC(C)CCc1ccccc1)CO2. The minimum atomic E-state index is -0.220. The van der Waals surface area contributed by atoms with Crippen molar-refractivity contribution in [3.63, 3.8) is 0 Å². The van der Waals surface area contributed by atoms with Gasteiger partial charge in [0.2, 0.25) is 11.8 Å². The number of nitrogens with one attached hydrogen (secondary N) is 2. The molecule has 0 saturated heterocycles. The summed E-state index contributed by atoms with van der Waals surface area (Å²) in [5.41, 5.74) is 3.00. The fourth-order valence-corrected chi connectivity index (χ4v) is 3.66. The van der Waals surface area contributed by atoms with E-state index >= 15 is 0 Å². The number of unbranched alkanes of at least 4 members (excludes halogenated alkanes) is 1. The summed E-state index contributed by atoms with van der Waals surface area (Å²) in [5.74, 6) is 0.624. The number of ether oxygens (including phenoxy) is 1. The number of rotatable bonds is 9. The van der Waals surface area contributed by atoms with Gasteiger partial charge in [-0.2, -0.15) is 0 Å². The zero-order valence-corrected chi connectivity index (χ0v) is 17.9. The molecule has 5 heteroatoms. The largest absolute Gasteiger partial charge is 0.492 e. The van der Waals surface area contributed by atoms with Crippen LogP contribution in [0.2, 0.25) is 0 Å². The molecule has 0 saturated carbocycles. The van der Waals surface area contributed by atoms with Crippen molar-refractivity contribution in [2.45, 2.75) is 58.4 Å². The second kappa shape index (κ2) is 10.8. The van der Waals surface area contributed by atoms with Gasteiger partial charge in [0, 0.05) is 18.2 Å². The maximum atomic E-state index is 12.7. The van der Waals surface area contributed by atoms with Crippen molar-refractivity contribution in [1.29, 1.82) is 0 Å². The summed E-state index contributed by atoms with van der Waals surface area (Å²) in [4.78, 5) is 24.7. The highest BCUT2D eigenvalue weighted by Gasteiger charge is 2.27. The Morgan fingerprint density at radius 3 is 2.73 bits per heavy atom. The quantitative estimate of drug-likeness (QED) is 0.642. The molecule has 2 unspecified atom stereocenters. The fraction of sp³-hybridized carbons (Fsp3) is 0.440. The summed E-state index contributed by atoms with van der Waals surface area (Å²) in [6.45, 7) is 4.49. The van der Waals surface area contributed by atoms with Gasteiger partial charge in [0.15, 0.2) is 0 Å². The first kappa shape index (κ1) is 21.9. The molecule has 1 aliphatic rings. The smallest absolute Gasteiger partial charge is 0.227 e. The Balaban J connectivity index is 1.52. The number of anilines is 1. The second-order valence-electron chi connectivity index (χ2n) is 8.12. The van der Waals surface area contributed by atoms with E-state index in [2.05, 4.69) is 29.7 Å². The lowest BCUT2D eigenvalue weighted by Gasteiger charge is -2.26. The van der Waals surface area contributed by atoms with Gasteiger partial charge in [0.1, 0.15) is 12.4 Å². The van der Waals surface area contributed by atoms with E-state index in [1.54, 1.807) is 0 Å². The van der Waals surface area contributed by atoms with Gasteiger partial charge in [0.05, 0.1) is 5.92 Å². The molecule has 2 amide bonds. The van der Waals surface area contributed by atoms with Crippen LogP contribution in [-0.2, 0) is 22.4 Å². The van der Waals surface area contributed by atoms with E-state index in [1.807, 2.05) is 43.3 Å². The van der Waals surface area contributed by atoms with Crippen molar-refractivity contribution >= 4 is 17.5 Å². The molecule has 0 bridgehead atoms. The number of aryl methyl sites for hydroxylation is 1. The summed E-state index contributed by atoms with van der Waals surface area (Å²) in [5, 5.41) is 6.07. The topological polar surface area (TPSA) is 67.4 Å². The third-order valence-electron chi connectivity index (χ3n) is 5.48. The molecule has 0 radical (unpaired) electrons. The Labute approximate surface area is 179 Å². The fourth-order valence-electron chi connectivity index (χ4n) is 3.66. The van der Waals surface area contributed by atoms with Crippen molar-refractivity contribution in [3.8, 4) is 5.75 Å². The molecular formula is C25H32N2O3. The Hall–Kier alpha value is -2.82. The average molecular weight is 409 g/mol. The summed E-state index contributed by atoms with van der Waals surface area (Å²) in [6.07, 6.45) is 4.85. The minimum absolute atomic E-state index is 0.0232. The number of carbonyl (C=O) groups is 2. The highest BCUT2D eigenvalue weighted by molar-refractivity contribution is 5.91. The number of hydrogen-bond donors (Lipinski definition) is 2. The van der Waals surface area contributed by atoms with Gasteiger partial charge < -0.3 is 15.4 Å². The van der Waals surface area contributed by atoms with Crippen LogP contribution in [0.3, 0.4) is 0 Å². The first-order valence-corrected chi connectivity index (χ1v) is 10.9. The van der Waals surface area contributed by atoms with E-state index < -0.39 is 0 Å². The van der Waals surface area contributed by atoms with Gasteiger partial charge in [-0.3, -0.25) is 9.59 Å².